The Balaban J connectivity index is 3.08. The Bertz CT molecular complexity index is 203. The van der Waals surface area contributed by atoms with Crippen molar-refractivity contribution in [2.75, 3.05) is 0 Å². The van der Waals surface area contributed by atoms with Crippen molar-refractivity contribution in [2.45, 2.75) is 51.4 Å². The van der Waals surface area contributed by atoms with Crippen molar-refractivity contribution in [3.8, 4) is 0 Å². The van der Waals surface area contributed by atoms with Crippen molar-refractivity contribution in [1.82, 2.24) is 0 Å². The summed E-state index contributed by atoms with van der Waals surface area (Å²) in [5.74, 6) is -0.670. The zero-order chi connectivity index (χ0) is 11.5. The third-order valence-electron chi connectivity index (χ3n) is 2.17. The van der Waals surface area contributed by atoms with Crippen molar-refractivity contribution in [3.05, 3.63) is 7.66 Å². The average molecular weight is 436 g/mol. The standard InChI is InChI=1S/C11H18I2O2/c12-9-10(13)7-5-3-1-2-4-6-8-11(14)15/h9H,1-8H2,(H,14,15)/b10-9-. The van der Waals surface area contributed by atoms with Gasteiger partial charge in [0.05, 0.1) is 0 Å². The van der Waals surface area contributed by atoms with E-state index in [2.05, 4.69) is 49.3 Å². The van der Waals surface area contributed by atoms with Gasteiger partial charge in [-0.15, -0.1) is 0 Å². The summed E-state index contributed by atoms with van der Waals surface area (Å²) in [5, 5.41) is 8.43. The Kier molecular flexibility index (Phi) is 11.7. The molecule has 0 aliphatic rings. The van der Waals surface area contributed by atoms with Gasteiger partial charge in [0.1, 0.15) is 0 Å². The fourth-order valence-corrected chi connectivity index (χ4v) is 2.02. The summed E-state index contributed by atoms with van der Waals surface area (Å²) in [6, 6.07) is 0. The van der Waals surface area contributed by atoms with Gasteiger partial charge in [-0.2, -0.15) is 0 Å². The number of rotatable bonds is 9. The molecule has 15 heavy (non-hydrogen) atoms. The average Bonchev–Trinajstić information content (AvgIpc) is 2.21. The van der Waals surface area contributed by atoms with Gasteiger partial charge in [-0.3, -0.25) is 4.79 Å². The van der Waals surface area contributed by atoms with Crippen molar-refractivity contribution < 1.29 is 9.90 Å². The van der Waals surface area contributed by atoms with Crippen molar-refractivity contribution in [1.29, 1.82) is 0 Å². The second-order valence-electron chi connectivity index (χ2n) is 3.57. The second kappa shape index (κ2) is 11.2. The minimum Gasteiger partial charge on any atom is -0.481 e. The third kappa shape index (κ3) is 12.6. The minimum absolute atomic E-state index is 0.329. The van der Waals surface area contributed by atoms with E-state index in [4.69, 9.17) is 5.11 Å². The first-order chi connectivity index (χ1) is 7.16. The molecule has 0 saturated carbocycles. The molecule has 2 nitrogen and oxygen atoms in total. The summed E-state index contributed by atoms with van der Waals surface area (Å²) >= 11 is 4.65. The van der Waals surface area contributed by atoms with Crippen LogP contribution in [0.3, 0.4) is 0 Å². The van der Waals surface area contributed by atoms with Gasteiger partial charge < -0.3 is 5.11 Å². The fourth-order valence-electron chi connectivity index (χ4n) is 1.33. The quantitative estimate of drug-likeness (QED) is 0.413. The largest absolute Gasteiger partial charge is 0.481 e. The fraction of sp³-hybridized carbons (Fsp3) is 0.727. The van der Waals surface area contributed by atoms with Crippen LogP contribution < -0.4 is 0 Å². The molecule has 0 heterocycles. The number of allylic oxidation sites excluding steroid dienone is 1. The number of carboxylic acid groups (broad SMARTS) is 1. The van der Waals surface area contributed by atoms with E-state index >= 15 is 0 Å². The van der Waals surface area contributed by atoms with Gasteiger partial charge in [-0.05, 0) is 49.5 Å². The van der Waals surface area contributed by atoms with Gasteiger partial charge in [-0.1, -0.05) is 48.3 Å². The predicted molar refractivity (Wildman–Crippen MR) is 80.7 cm³/mol. The number of hydrogen-bond donors (Lipinski definition) is 1. The van der Waals surface area contributed by atoms with Crippen LogP contribution in [0.15, 0.2) is 7.66 Å². The van der Waals surface area contributed by atoms with Crippen LogP contribution in [-0.4, -0.2) is 11.1 Å². The van der Waals surface area contributed by atoms with E-state index in [0.717, 1.165) is 12.8 Å². The lowest BCUT2D eigenvalue weighted by atomic mass is 10.1. The number of carboxylic acids is 1. The number of hydrogen-bond acceptors (Lipinski definition) is 1. The van der Waals surface area contributed by atoms with Crippen molar-refractivity contribution in [3.63, 3.8) is 0 Å². The maximum Gasteiger partial charge on any atom is 0.303 e. The molecule has 0 spiro atoms. The molecule has 0 amide bonds. The van der Waals surface area contributed by atoms with Crippen LogP contribution in [0.4, 0.5) is 0 Å². The molecular formula is C11H18I2O2. The number of aliphatic carboxylic acids is 1. The molecule has 0 aromatic heterocycles. The van der Waals surface area contributed by atoms with Crippen LogP contribution in [0.2, 0.25) is 0 Å². The van der Waals surface area contributed by atoms with Gasteiger partial charge in [-0.25, -0.2) is 0 Å². The Morgan fingerprint density at radius 3 is 1.93 bits per heavy atom. The summed E-state index contributed by atoms with van der Waals surface area (Å²) in [6.45, 7) is 0. The molecule has 0 aromatic rings. The Hall–Kier alpha value is 0.670. The normalized spacial score (nSPS) is 11.7. The number of carbonyl (C=O) groups is 1. The van der Waals surface area contributed by atoms with Crippen LogP contribution in [-0.2, 0) is 4.79 Å². The van der Waals surface area contributed by atoms with E-state index in [1.165, 1.54) is 35.7 Å². The molecule has 0 bridgehead atoms. The predicted octanol–water partition coefficient (Wildman–Crippen LogP) is 4.90. The van der Waals surface area contributed by atoms with Crippen LogP contribution in [0.25, 0.3) is 0 Å². The highest BCUT2D eigenvalue weighted by molar-refractivity contribution is 14.1. The van der Waals surface area contributed by atoms with Crippen molar-refractivity contribution >= 4 is 51.2 Å². The molecule has 0 rings (SSSR count). The molecule has 1 N–H and O–H groups in total. The molecule has 0 radical (unpaired) electrons. The zero-order valence-corrected chi connectivity index (χ0v) is 13.2. The lowest BCUT2D eigenvalue weighted by Gasteiger charge is -2.00. The van der Waals surface area contributed by atoms with Gasteiger partial charge in [0.2, 0.25) is 0 Å². The SMILES string of the molecule is O=C(O)CCCCCCCC/C(I)=C/I. The summed E-state index contributed by atoms with van der Waals surface area (Å²) in [7, 11) is 0. The molecule has 0 atom stereocenters. The molecular weight excluding hydrogens is 418 g/mol. The lowest BCUT2D eigenvalue weighted by molar-refractivity contribution is -0.137. The van der Waals surface area contributed by atoms with Gasteiger partial charge >= 0.3 is 5.97 Å². The summed E-state index contributed by atoms with van der Waals surface area (Å²) in [4.78, 5) is 10.2. The zero-order valence-electron chi connectivity index (χ0n) is 8.85. The van der Waals surface area contributed by atoms with Gasteiger partial charge in [0.15, 0.2) is 0 Å². The topological polar surface area (TPSA) is 37.3 Å². The third-order valence-corrected chi connectivity index (χ3v) is 4.97. The highest BCUT2D eigenvalue weighted by Crippen LogP contribution is 2.18. The van der Waals surface area contributed by atoms with E-state index < -0.39 is 5.97 Å². The smallest absolute Gasteiger partial charge is 0.303 e. The minimum atomic E-state index is -0.670. The summed E-state index contributed by atoms with van der Waals surface area (Å²) in [5.41, 5.74) is 0. The first-order valence-electron chi connectivity index (χ1n) is 5.33. The molecule has 4 heteroatoms. The molecule has 88 valence electrons. The highest BCUT2D eigenvalue weighted by Gasteiger charge is 1.96. The summed E-state index contributed by atoms with van der Waals surface area (Å²) in [6.07, 6.45) is 8.36. The number of unbranched alkanes of at least 4 members (excludes halogenated alkanes) is 5. The molecule has 0 saturated heterocycles. The van der Waals surface area contributed by atoms with E-state index in [9.17, 15) is 4.79 Å². The molecule has 0 unspecified atom stereocenters. The molecule has 0 aliphatic heterocycles. The van der Waals surface area contributed by atoms with Gasteiger partial charge in [0.25, 0.3) is 0 Å². The van der Waals surface area contributed by atoms with Gasteiger partial charge in [0, 0.05) is 6.42 Å². The first kappa shape index (κ1) is 15.7. The summed E-state index contributed by atoms with van der Waals surface area (Å²) < 4.78 is 3.56. The highest BCUT2D eigenvalue weighted by atomic mass is 127. The van der Waals surface area contributed by atoms with E-state index in [1.807, 2.05) is 0 Å². The first-order valence-corrected chi connectivity index (χ1v) is 7.66. The second-order valence-corrected chi connectivity index (χ2v) is 5.58. The van der Waals surface area contributed by atoms with Crippen molar-refractivity contribution in [2.24, 2.45) is 0 Å². The van der Waals surface area contributed by atoms with E-state index in [-0.39, 0.29) is 0 Å². The molecule has 0 fully saturated rings. The van der Waals surface area contributed by atoms with E-state index in [1.54, 1.807) is 0 Å². The van der Waals surface area contributed by atoms with Crippen LogP contribution in [0.1, 0.15) is 51.4 Å². The molecule has 0 aromatic carbocycles. The van der Waals surface area contributed by atoms with E-state index in [0.29, 0.717) is 6.42 Å². The molecule has 0 aliphatic carbocycles. The Morgan fingerprint density at radius 1 is 1.00 bits per heavy atom. The maximum absolute atomic E-state index is 10.2. The maximum atomic E-state index is 10.2. The monoisotopic (exact) mass is 436 g/mol. The number of halogens is 2. The Morgan fingerprint density at radius 2 is 1.47 bits per heavy atom. The lowest BCUT2D eigenvalue weighted by Crippen LogP contribution is -1.93. The van der Waals surface area contributed by atoms with Crippen LogP contribution >= 0.6 is 45.2 Å². The Labute approximate surface area is 119 Å². The van der Waals surface area contributed by atoms with Crippen LogP contribution in [0, 0.1) is 0 Å². The van der Waals surface area contributed by atoms with Crippen LogP contribution in [0.5, 0.6) is 0 Å².